The Kier molecular flexibility index (Phi) is 7.40. The fraction of sp³-hybridized carbons (Fsp3) is 0.138. The monoisotopic (exact) mass is 408 g/mol. The standard InChI is InChI=1S/C29H28O2/c1-21(2)29(30)31-20-27-15-13-25(14-16-27)8-7-24-9-11-26(12-10-24)17-18-28-19-22(3)5-6-23(28)4/h5-19H,1,20H2,2-4H3/b8-7+,18-17+. The molecule has 2 nitrogen and oxygen atoms in total. The lowest BCUT2D eigenvalue weighted by Gasteiger charge is -2.04. The fourth-order valence-corrected chi connectivity index (χ4v) is 3.03. The Bertz CT molecular complexity index is 1110. The second kappa shape index (κ2) is 10.4. The molecule has 0 aliphatic rings. The van der Waals surface area contributed by atoms with E-state index in [1.807, 2.05) is 24.3 Å². The predicted molar refractivity (Wildman–Crippen MR) is 131 cm³/mol. The molecule has 3 aromatic rings. The second-order valence-electron chi connectivity index (χ2n) is 7.79. The van der Waals surface area contributed by atoms with Gasteiger partial charge in [0.25, 0.3) is 0 Å². The van der Waals surface area contributed by atoms with Gasteiger partial charge in [-0.15, -0.1) is 0 Å². The number of carbonyl (C=O) groups is 1. The van der Waals surface area contributed by atoms with Crippen molar-refractivity contribution in [3.63, 3.8) is 0 Å². The Hall–Kier alpha value is -3.65. The van der Waals surface area contributed by atoms with Gasteiger partial charge < -0.3 is 4.74 Å². The summed E-state index contributed by atoms with van der Waals surface area (Å²) in [6, 6.07) is 22.9. The van der Waals surface area contributed by atoms with E-state index in [1.54, 1.807) is 6.92 Å². The zero-order valence-corrected chi connectivity index (χ0v) is 18.4. The largest absolute Gasteiger partial charge is 0.457 e. The van der Waals surface area contributed by atoms with E-state index in [4.69, 9.17) is 4.74 Å². The number of aryl methyl sites for hydroxylation is 2. The van der Waals surface area contributed by atoms with Crippen LogP contribution in [0.5, 0.6) is 0 Å². The Labute approximate surface area is 185 Å². The number of esters is 1. The van der Waals surface area contributed by atoms with Gasteiger partial charge >= 0.3 is 5.97 Å². The summed E-state index contributed by atoms with van der Waals surface area (Å²) in [4.78, 5) is 11.5. The quantitative estimate of drug-likeness (QED) is 0.233. The van der Waals surface area contributed by atoms with Gasteiger partial charge in [0.15, 0.2) is 0 Å². The summed E-state index contributed by atoms with van der Waals surface area (Å²) in [5.41, 5.74) is 8.57. The minimum Gasteiger partial charge on any atom is -0.457 e. The Balaban J connectivity index is 1.59. The third-order valence-corrected chi connectivity index (χ3v) is 4.99. The van der Waals surface area contributed by atoms with E-state index in [2.05, 4.69) is 87.2 Å². The van der Waals surface area contributed by atoms with Crippen molar-refractivity contribution < 1.29 is 9.53 Å². The van der Waals surface area contributed by atoms with Crippen molar-refractivity contribution in [1.82, 2.24) is 0 Å². The van der Waals surface area contributed by atoms with Crippen LogP contribution in [-0.4, -0.2) is 5.97 Å². The summed E-state index contributed by atoms with van der Waals surface area (Å²) in [5.74, 6) is -0.365. The number of hydrogen-bond acceptors (Lipinski definition) is 2. The highest BCUT2D eigenvalue weighted by Gasteiger charge is 2.03. The van der Waals surface area contributed by atoms with E-state index in [0.29, 0.717) is 5.57 Å². The lowest BCUT2D eigenvalue weighted by atomic mass is 10.0. The van der Waals surface area contributed by atoms with E-state index >= 15 is 0 Å². The zero-order valence-electron chi connectivity index (χ0n) is 18.4. The molecule has 0 aliphatic carbocycles. The molecular formula is C29H28O2. The van der Waals surface area contributed by atoms with Crippen molar-refractivity contribution in [3.8, 4) is 0 Å². The van der Waals surface area contributed by atoms with Crippen molar-refractivity contribution in [3.05, 3.63) is 118 Å². The summed E-state index contributed by atoms with van der Waals surface area (Å²) in [5, 5.41) is 0. The fourth-order valence-electron chi connectivity index (χ4n) is 3.03. The average molecular weight is 409 g/mol. The first kappa shape index (κ1) is 22.0. The molecule has 3 rings (SSSR count). The van der Waals surface area contributed by atoms with Crippen molar-refractivity contribution in [1.29, 1.82) is 0 Å². The van der Waals surface area contributed by atoms with Gasteiger partial charge in [0, 0.05) is 5.57 Å². The average Bonchev–Trinajstić information content (AvgIpc) is 2.78. The van der Waals surface area contributed by atoms with Gasteiger partial charge in [0.05, 0.1) is 0 Å². The molecule has 0 atom stereocenters. The van der Waals surface area contributed by atoms with Crippen LogP contribution in [0.3, 0.4) is 0 Å². The highest BCUT2D eigenvalue weighted by Crippen LogP contribution is 2.16. The Morgan fingerprint density at radius 2 is 1.32 bits per heavy atom. The molecule has 0 amide bonds. The maximum Gasteiger partial charge on any atom is 0.333 e. The van der Waals surface area contributed by atoms with Crippen LogP contribution < -0.4 is 0 Å². The highest BCUT2D eigenvalue weighted by molar-refractivity contribution is 5.86. The summed E-state index contributed by atoms with van der Waals surface area (Å²) >= 11 is 0. The molecule has 0 unspecified atom stereocenters. The summed E-state index contributed by atoms with van der Waals surface area (Å²) in [6.07, 6.45) is 8.48. The number of carbonyl (C=O) groups excluding carboxylic acids is 1. The van der Waals surface area contributed by atoms with Crippen LogP contribution in [-0.2, 0) is 16.1 Å². The van der Waals surface area contributed by atoms with Crippen LogP contribution in [0.25, 0.3) is 24.3 Å². The Morgan fingerprint density at radius 1 is 0.806 bits per heavy atom. The van der Waals surface area contributed by atoms with Crippen LogP contribution in [0, 0.1) is 13.8 Å². The van der Waals surface area contributed by atoms with Crippen molar-refractivity contribution in [2.45, 2.75) is 27.4 Å². The molecule has 3 aromatic carbocycles. The van der Waals surface area contributed by atoms with Crippen LogP contribution in [0.2, 0.25) is 0 Å². The van der Waals surface area contributed by atoms with Crippen LogP contribution in [0.15, 0.2) is 78.9 Å². The van der Waals surface area contributed by atoms with E-state index in [-0.39, 0.29) is 12.6 Å². The van der Waals surface area contributed by atoms with Crippen LogP contribution in [0.1, 0.15) is 45.9 Å². The molecule has 0 N–H and O–H groups in total. The van der Waals surface area contributed by atoms with E-state index in [9.17, 15) is 4.79 Å². The molecule has 0 aliphatic heterocycles. The number of benzene rings is 3. The lowest BCUT2D eigenvalue weighted by Crippen LogP contribution is -2.04. The molecule has 0 heterocycles. The highest BCUT2D eigenvalue weighted by atomic mass is 16.5. The topological polar surface area (TPSA) is 26.3 Å². The van der Waals surface area contributed by atoms with Crippen LogP contribution >= 0.6 is 0 Å². The van der Waals surface area contributed by atoms with Gasteiger partial charge in [-0.3, -0.25) is 0 Å². The van der Waals surface area contributed by atoms with E-state index < -0.39 is 0 Å². The molecule has 0 bridgehead atoms. The minimum atomic E-state index is -0.365. The van der Waals surface area contributed by atoms with Gasteiger partial charge in [-0.25, -0.2) is 4.79 Å². The SMILES string of the molecule is C=C(C)C(=O)OCc1ccc(/C=C/c2ccc(/C=C/c3cc(C)ccc3C)cc2)cc1. The van der Waals surface area contributed by atoms with Gasteiger partial charge in [0.1, 0.15) is 6.61 Å². The molecule has 0 saturated heterocycles. The van der Waals surface area contributed by atoms with Gasteiger partial charge in [-0.1, -0.05) is 103 Å². The second-order valence-corrected chi connectivity index (χ2v) is 7.79. The molecule has 0 aromatic heterocycles. The first-order valence-corrected chi connectivity index (χ1v) is 10.4. The molecule has 0 radical (unpaired) electrons. The van der Waals surface area contributed by atoms with Crippen molar-refractivity contribution in [2.75, 3.05) is 0 Å². The maximum absolute atomic E-state index is 11.5. The maximum atomic E-state index is 11.5. The van der Waals surface area contributed by atoms with Gasteiger partial charge in [-0.05, 0) is 54.2 Å². The first-order valence-electron chi connectivity index (χ1n) is 10.4. The third kappa shape index (κ3) is 6.68. The number of rotatable bonds is 7. The molecule has 0 spiro atoms. The summed E-state index contributed by atoms with van der Waals surface area (Å²) in [6.45, 7) is 9.73. The van der Waals surface area contributed by atoms with Crippen molar-refractivity contribution >= 4 is 30.3 Å². The minimum absolute atomic E-state index is 0.257. The van der Waals surface area contributed by atoms with Gasteiger partial charge in [-0.2, -0.15) is 0 Å². The smallest absolute Gasteiger partial charge is 0.333 e. The lowest BCUT2D eigenvalue weighted by molar-refractivity contribution is -0.140. The van der Waals surface area contributed by atoms with E-state index in [1.165, 1.54) is 22.3 Å². The van der Waals surface area contributed by atoms with Crippen LogP contribution in [0.4, 0.5) is 0 Å². The summed E-state index contributed by atoms with van der Waals surface area (Å²) < 4.78 is 5.17. The number of hydrogen-bond donors (Lipinski definition) is 0. The molecule has 156 valence electrons. The van der Waals surface area contributed by atoms with Gasteiger partial charge in [0.2, 0.25) is 0 Å². The molecule has 2 heteroatoms. The Morgan fingerprint density at radius 3 is 1.87 bits per heavy atom. The first-order chi connectivity index (χ1) is 14.9. The molecule has 31 heavy (non-hydrogen) atoms. The normalized spacial score (nSPS) is 11.2. The zero-order chi connectivity index (χ0) is 22.2. The molecular weight excluding hydrogens is 380 g/mol. The summed E-state index contributed by atoms with van der Waals surface area (Å²) in [7, 11) is 0. The van der Waals surface area contributed by atoms with Crippen molar-refractivity contribution in [2.24, 2.45) is 0 Å². The number of ether oxygens (including phenoxy) is 1. The molecule has 0 fully saturated rings. The molecule has 0 saturated carbocycles. The van der Waals surface area contributed by atoms with E-state index in [0.717, 1.165) is 16.7 Å². The third-order valence-electron chi connectivity index (χ3n) is 4.99. The predicted octanol–water partition coefficient (Wildman–Crippen LogP) is 7.26.